The Labute approximate surface area is 142 Å². The number of rotatable bonds is 4. The van der Waals surface area contributed by atoms with Gasteiger partial charge in [-0.1, -0.05) is 0 Å². The first-order chi connectivity index (χ1) is 11.7. The minimum absolute atomic E-state index is 0.163. The average Bonchev–Trinajstić information content (AvgIpc) is 3.16. The van der Waals surface area contributed by atoms with Crippen LogP contribution in [0.5, 0.6) is 0 Å². The quantitative estimate of drug-likeness (QED) is 0.778. The standard InChI is InChI=1S/C17H24N4O3/c1-2-24-17(23)13-6-5-11-21(12-13)16(22)14-7-8-15(19-18-14)20-9-3-4-10-20/h7-8,13H,2-6,9-12H2,1H3/t13-/m1/s1. The number of likely N-dealkylation sites (tertiary alicyclic amines) is 1. The van der Waals surface area contributed by atoms with Gasteiger partial charge in [-0.2, -0.15) is 0 Å². The van der Waals surface area contributed by atoms with Gasteiger partial charge in [0, 0.05) is 26.2 Å². The lowest BCUT2D eigenvalue weighted by atomic mass is 9.98. The third-order valence-electron chi connectivity index (χ3n) is 4.63. The van der Waals surface area contributed by atoms with Crippen LogP contribution in [0.4, 0.5) is 5.82 Å². The van der Waals surface area contributed by atoms with E-state index >= 15 is 0 Å². The number of hydrogen-bond donors (Lipinski definition) is 0. The second-order valence-corrected chi connectivity index (χ2v) is 6.31. The lowest BCUT2D eigenvalue weighted by molar-refractivity contribution is -0.149. The van der Waals surface area contributed by atoms with E-state index in [4.69, 9.17) is 4.74 Å². The summed E-state index contributed by atoms with van der Waals surface area (Å²) in [6.07, 6.45) is 3.91. The number of hydrogen-bond acceptors (Lipinski definition) is 6. The van der Waals surface area contributed by atoms with E-state index in [0.717, 1.165) is 31.7 Å². The maximum atomic E-state index is 12.6. The van der Waals surface area contributed by atoms with Crippen LogP contribution in [0.1, 0.15) is 43.1 Å². The topological polar surface area (TPSA) is 75.6 Å². The molecule has 0 aromatic carbocycles. The highest BCUT2D eigenvalue weighted by atomic mass is 16.5. The molecule has 0 unspecified atom stereocenters. The third kappa shape index (κ3) is 3.66. The molecule has 1 amide bonds. The van der Waals surface area contributed by atoms with Gasteiger partial charge in [0.25, 0.3) is 5.91 Å². The Morgan fingerprint density at radius 2 is 1.96 bits per heavy atom. The summed E-state index contributed by atoms with van der Waals surface area (Å²) < 4.78 is 5.08. The summed E-state index contributed by atoms with van der Waals surface area (Å²) >= 11 is 0. The van der Waals surface area contributed by atoms with E-state index in [0.29, 0.717) is 25.4 Å². The summed E-state index contributed by atoms with van der Waals surface area (Å²) in [4.78, 5) is 28.4. The van der Waals surface area contributed by atoms with Crippen molar-refractivity contribution in [3.05, 3.63) is 17.8 Å². The molecule has 0 N–H and O–H groups in total. The van der Waals surface area contributed by atoms with Gasteiger partial charge in [-0.25, -0.2) is 0 Å². The Morgan fingerprint density at radius 3 is 2.62 bits per heavy atom. The molecule has 1 aromatic rings. The molecule has 2 aliphatic heterocycles. The van der Waals surface area contributed by atoms with Crippen LogP contribution < -0.4 is 4.90 Å². The molecule has 24 heavy (non-hydrogen) atoms. The number of anilines is 1. The zero-order valence-electron chi connectivity index (χ0n) is 14.1. The molecule has 2 saturated heterocycles. The van der Waals surface area contributed by atoms with Crippen molar-refractivity contribution in [2.24, 2.45) is 5.92 Å². The van der Waals surface area contributed by atoms with Gasteiger partial charge in [0.2, 0.25) is 0 Å². The van der Waals surface area contributed by atoms with E-state index in [1.165, 1.54) is 12.8 Å². The summed E-state index contributed by atoms with van der Waals surface area (Å²) in [6.45, 7) is 5.19. The van der Waals surface area contributed by atoms with E-state index in [-0.39, 0.29) is 17.8 Å². The van der Waals surface area contributed by atoms with Gasteiger partial charge in [0.05, 0.1) is 12.5 Å². The Bertz CT molecular complexity index is 584. The highest BCUT2D eigenvalue weighted by Crippen LogP contribution is 2.21. The largest absolute Gasteiger partial charge is 0.466 e. The molecule has 3 heterocycles. The molecule has 0 spiro atoms. The number of aromatic nitrogens is 2. The van der Waals surface area contributed by atoms with Crippen molar-refractivity contribution >= 4 is 17.7 Å². The van der Waals surface area contributed by atoms with Crippen LogP contribution >= 0.6 is 0 Å². The van der Waals surface area contributed by atoms with Gasteiger partial charge < -0.3 is 14.5 Å². The SMILES string of the molecule is CCOC(=O)[C@@H]1CCCN(C(=O)c2ccc(N3CCCC3)nn2)C1. The minimum atomic E-state index is -0.237. The second kappa shape index (κ2) is 7.59. The molecule has 0 radical (unpaired) electrons. The van der Waals surface area contributed by atoms with Crippen molar-refractivity contribution in [1.29, 1.82) is 0 Å². The van der Waals surface area contributed by atoms with E-state index < -0.39 is 0 Å². The molecule has 7 heteroatoms. The Balaban J connectivity index is 1.63. The normalized spacial score (nSPS) is 21.0. The number of carbonyl (C=O) groups is 2. The predicted octanol–water partition coefficient (Wildman–Crippen LogP) is 1.49. The summed E-state index contributed by atoms with van der Waals surface area (Å²) in [7, 11) is 0. The van der Waals surface area contributed by atoms with Crippen LogP contribution in [0.15, 0.2) is 12.1 Å². The van der Waals surface area contributed by atoms with E-state index in [9.17, 15) is 9.59 Å². The predicted molar refractivity (Wildman–Crippen MR) is 88.7 cm³/mol. The molecular formula is C17H24N4O3. The van der Waals surface area contributed by atoms with Crippen LogP contribution in [0.25, 0.3) is 0 Å². The van der Waals surface area contributed by atoms with Crippen LogP contribution in [0, 0.1) is 5.92 Å². The molecule has 2 aliphatic rings. The zero-order valence-corrected chi connectivity index (χ0v) is 14.1. The van der Waals surface area contributed by atoms with Crippen LogP contribution in [-0.4, -0.2) is 59.8 Å². The van der Waals surface area contributed by atoms with Gasteiger partial charge in [0.1, 0.15) is 0 Å². The third-order valence-corrected chi connectivity index (χ3v) is 4.63. The van der Waals surface area contributed by atoms with E-state index in [1.54, 1.807) is 17.9 Å². The summed E-state index contributed by atoms with van der Waals surface area (Å²) in [6, 6.07) is 3.59. The number of amides is 1. The van der Waals surface area contributed by atoms with Crippen molar-refractivity contribution in [3.63, 3.8) is 0 Å². The smallest absolute Gasteiger partial charge is 0.310 e. The van der Waals surface area contributed by atoms with Crippen molar-refractivity contribution < 1.29 is 14.3 Å². The fraction of sp³-hybridized carbons (Fsp3) is 0.647. The fourth-order valence-electron chi connectivity index (χ4n) is 3.33. The van der Waals surface area contributed by atoms with Gasteiger partial charge in [0.15, 0.2) is 11.5 Å². The van der Waals surface area contributed by atoms with Gasteiger partial charge in [-0.15, -0.1) is 10.2 Å². The molecular weight excluding hydrogens is 308 g/mol. The number of carbonyl (C=O) groups excluding carboxylic acids is 2. The minimum Gasteiger partial charge on any atom is -0.466 e. The monoisotopic (exact) mass is 332 g/mol. The first-order valence-corrected chi connectivity index (χ1v) is 8.73. The zero-order chi connectivity index (χ0) is 16.9. The lowest BCUT2D eigenvalue weighted by Gasteiger charge is -2.31. The number of ether oxygens (including phenoxy) is 1. The molecule has 1 atom stereocenters. The molecule has 2 fully saturated rings. The fourth-order valence-corrected chi connectivity index (χ4v) is 3.33. The molecule has 3 rings (SSSR count). The summed E-state index contributed by atoms with van der Waals surface area (Å²) in [5, 5.41) is 8.30. The Hall–Kier alpha value is -2.18. The van der Waals surface area contributed by atoms with Gasteiger partial charge >= 0.3 is 5.97 Å². The summed E-state index contributed by atoms with van der Waals surface area (Å²) in [5.41, 5.74) is 0.336. The highest BCUT2D eigenvalue weighted by Gasteiger charge is 2.30. The van der Waals surface area contributed by atoms with Crippen molar-refractivity contribution in [2.75, 3.05) is 37.7 Å². The van der Waals surface area contributed by atoms with Crippen LogP contribution in [0.3, 0.4) is 0 Å². The number of esters is 1. The lowest BCUT2D eigenvalue weighted by Crippen LogP contribution is -2.43. The van der Waals surface area contributed by atoms with E-state index in [1.807, 2.05) is 6.07 Å². The Morgan fingerprint density at radius 1 is 1.17 bits per heavy atom. The van der Waals surface area contributed by atoms with Crippen LogP contribution in [0.2, 0.25) is 0 Å². The first kappa shape index (κ1) is 16.7. The van der Waals surface area contributed by atoms with E-state index in [2.05, 4.69) is 15.1 Å². The number of piperidine rings is 1. The molecule has 0 bridgehead atoms. The summed E-state index contributed by atoms with van der Waals surface area (Å²) in [5.74, 6) is 0.210. The Kier molecular flexibility index (Phi) is 5.27. The second-order valence-electron chi connectivity index (χ2n) is 6.31. The first-order valence-electron chi connectivity index (χ1n) is 8.73. The molecule has 0 saturated carbocycles. The maximum absolute atomic E-state index is 12.6. The number of nitrogens with zero attached hydrogens (tertiary/aromatic N) is 4. The molecule has 130 valence electrons. The molecule has 1 aromatic heterocycles. The maximum Gasteiger partial charge on any atom is 0.310 e. The van der Waals surface area contributed by atoms with Gasteiger partial charge in [-0.3, -0.25) is 9.59 Å². The average molecular weight is 332 g/mol. The van der Waals surface area contributed by atoms with Crippen molar-refractivity contribution in [2.45, 2.75) is 32.6 Å². The van der Waals surface area contributed by atoms with Crippen molar-refractivity contribution in [3.8, 4) is 0 Å². The molecule has 7 nitrogen and oxygen atoms in total. The van der Waals surface area contributed by atoms with Crippen LogP contribution in [-0.2, 0) is 9.53 Å². The van der Waals surface area contributed by atoms with Gasteiger partial charge in [-0.05, 0) is 44.7 Å². The molecule has 0 aliphatic carbocycles. The highest BCUT2D eigenvalue weighted by molar-refractivity contribution is 5.92. The van der Waals surface area contributed by atoms with Crippen molar-refractivity contribution in [1.82, 2.24) is 15.1 Å².